The van der Waals surface area contributed by atoms with Gasteiger partial charge in [0.25, 0.3) is 0 Å². The third-order valence-corrected chi connectivity index (χ3v) is 14.6. The van der Waals surface area contributed by atoms with Crippen molar-refractivity contribution in [2.75, 3.05) is 13.2 Å². The quantitative estimate of drug-likeness (QED) is 0.0465. The number of aliphatic hydroxyl groups is 4. The average Bonchev–Trinajstić information content (AvgIpc) is 3.61. The summed E-state index contributed by atoms with van der Waals surface area (Å²) in [6.45, 7) is 38.5. The first-order valence-corrected chi connectivity index (χ1v) is 30.4. The van der Waals surface area contributed by atoms with Crippen LogP contribution in [0.5, 0.6) is 0 Å². The first-order chi connectivity index (χ1) is 39.7. The maximum absolute atomic E-state index is 10.1. The van der Waals surface area contributed by atoms with Crippen LogP contribution in [-0.4, -0.2) is 45.8 Å². The number of rotatable bonds is 28. The van der Waals surface area contributed by atoms with Crippen molar-refractivity contribution in [2.24, 2.45) is 16.7 Å². The monoisotopic (exact) mass is 1140 g/mol. The Labute approximate surface area is 513 Å². The van der Waals surface area contributed by atoms with Gasteiger partial charge in [-0.25, -0.2) is 0 Å². The van der Waals surface area contributed by atoms with Crippen LogP contribution in [0.1, 0.15) is 170 Å². The molecule has 4 nitrogen and oxygen atoms in total. The lowest BCUT2D eigenvalue weighted by Crippen LogP contribution is -2.32. The fourth-order valence-electron chi connectivity index (χ4n) is 9.60. The highest BCUT2D eigenvalue weighted by atomic mass is 16.3. The second kappa shape index (κ2) is 42.4. The zero-order valence-corrected chi connectivity index (χ0v) is 55.4. The highest BCUT2D eigenvalue weighted by Gasteiger charge is 2.34. The van der Waals surface area contributed by atoms with E-state index in [1.165, 1.54) is 72.5 Å². The molecule has 3 atom stereocenters. The first kappa shape index (κ1) is 75.6. The van der Waals surface area contributed by atoms with Crippen molar-refractivity contribution in [3.05, 3.63) is 284 Å². The van der Waals surface area contributed by atoms with Crippen LogP contribution in [0.3, 0.4) is 0 Å². The van der Waals surface area contributed by atoms with Crippen LogP contribution in [0.15, 0.2) is 284 Å². The van der Waals surface area contributed by atoms with Gasteiger partial charge in [0.2, 0.25) is 0 Å². The number of hydrogen-bond acceptors (Lipinski definition) is 4. The van der Waals surface area contributed by atoms with Crippen LogP contribution in [0.2, 0.25) is 0 Å². The predicted octanol–water partition coefficient (Wildman–Crippen LogP) is 21.3. The Bertz CT molecular complexity index is 2760. The minimum Gasteiger partial charge on any atom is -0.393 e. The molecule has 0 aliphatic heterocycles. The lowest BCUT2D eigenvalue weighted by molar-refractivity contribution is 0.116. The van der Waals surface area contributed by atoms with E-state index in [0.29, 0.717) is 5.92 Å². The fourth-order valence-corrected chi connectivity index (χ4v) is 9.60. The molecule has 2 aliphatic carbocycles. The minimum atomic E-state index is -0.331. The van der Waals surface area contributed by atoms with Crippen molar-refractivity contribution in [1.29, 1.82) is 0 Å². The standard InChI is InChI=1S/2C40H56O2/c1-29(17-13-19-31(3)21-23-37-33(5)25-35(41)27-39(37,7)8)15-11-12-16-30(2)18-14-20-32(4)22-24-38-34(6)26-36(42)28-40(38,9)10;1-33(19-11-21-35(3)23-13-25-37(5)27-15-29-39(7)31-41)17-9-10-18-34(2)20-12-22-36(4)24-14-26-38(6)28-16-30-40(8)32-42/h11-25,35-37,41-42H,26-28H2,1-10H3;9-14,17-26,29-30,41-42H,15-16,27-28,31-32H2,1-8H3/b12-11+,17-13+,18-14+,23-21+,24-22+,29-15+,30-16+,31-19+,32-20+;10-9+,19-11+,20-12+,23-13+,24-14+,33-17+,34-18+,35-21+,36-22+,37-25+,38-26+,39-29+,40-30+/t35-,36+,37-;/m0./s1. The fraction of sp³-hybridized carbons (Fsp3) is 0.400. The Kier molecular flexibility index (Phi) is 38.2. The van der Waals surface area contributed by atoms with Gasteiger partial charge < -0.3 is 20.4 Å². The van der Waals surface area contributed by atoms with Gasteiger partial charge in [-0.2, -0.15) is 0 Å². The van der Waals surface area contributed by atoms with E-state index < -0.39 is 0 Å². The average molecular weight is 1140 g/mol. The van der Waals surface area contributed by atoms with E-state index in [0.717, 1.165) is 56.1 Å². The second-order valence-corrected chi connectivity index (χ2v) is 24.7. The van der Waals surface area contributed by atoms with Gasteiger partial charge >= 0.3 is 0 Å². The molecule has 4 heteroatoms. The SMILES string of the molecule is CC(/C=C/C=C(C)/C=C/C=C(\C)CC/C=C(\C)CO)=C\C=C\C=C(C)\C=C\C=C(C)\C=C\C=C(/C)CC/C=C(\C)CO.CC1=C[C@H](O)CC(C)(C)[C@H]1/C=C/C(C)=C/C=C/C(C)=C/C=C/C=C(C)/C=C/C=C(C)/C=C/C1=C(C)C[C@@H](O)CC1(C)C. The van der Waals surface area contributed by atoms with Crippen molar-refractivity contribution in [2.45, 2.75) is 182 Å². The van der Waals surface area contributed by atoms with E-state index >= 15 is 0 Å². The molecule has 0 bridgehead atoms. The van der Waals surface area contributed by atoms with E-state index in [4.69, 9.17) is 10.2 Å². The Hall–Kier alpha value is -6.40. The molecular weight excluding hydrogens is 1020 g/mol. The summed E-state index contributed by atoms with van der Waals surface area (Å²) in [5.74, 6) is 0.348. The van der Waals surface area contributed by atoms with Crippen LogP contribution >= 0.6 is 0 Å². The van der Waals surface area contributed by atoms with Gasteiger partial charge in [-0.3, -0.25) is 0 Å². The molecule has 0 saturated heterocycles. The molecule has 0 spiro atoms. The highest BCUT2D eigenvalue weighted by Crippen LogP contribution is 2.42. The number of aliphatic hydroxyl groups excluding tert-OH is 4. The zero-order valence-electron chi connectivity index (χ0n) is 55.4. The molecule has 2 aliphatic rings. The zero-order chi connectivity index (χ0) is 63.1. The molecule has 0 unspecified atom stereocenters. The van der Waals surface area contributed by atoms with Crippen LogP contribution < -0.4 is 0 Å². The van der Waals surface area contributed by atoms with Crippen molar-refractivity contribution < 1.29 is 20.4 Å². The van der Waals surface area contributed by atoms with Gasteiger partial charge in [-0.1, -0.05) is 306 Å². The van der Waals surface area contributed by atoms with Crippen LogP contribution in [-0.2, 0) is 0 Å². The molecule has 0 heterocycles. The molecule has 0 amide bonds. The molecule has 0 fully saturated rings. The predicted molar refractivity (Wildman–Crippen MR) is 372 cm³/mol. The van der Waals surface area contributed by atoms with Gasteiger partial charge in [0.1, 0.15) is 0 Å². The largest absolute Gasteiger partial charge is 0.393 e. The van der Waals surface area contributed by atoms with Gasteiger partial charge in [-0.15, -0.1) is 0 Å². The summed E-state index contributed by atoms with van der Waals surface area (Å²) in [6.07, 6.45) is 75.7. The van der Waals surface area contributed by atoms with Gasteiger partial charge in [0.05, 0.1) is 25.4 Å². The van der Waals surface area contributed by atoms with Crippen molar-refractivity contribution in [3.8, 4) is 0 Å². The van der Waals surface area contributed by atoms with Gasteiger partial charge in [0.15, 0.2) is 0 Å². The molecule has 84 heavy (non-hydrogen) atoms. The van der Waals surface area contributed by atoms with Crippen molar-refractivity contribution >= 4 is 0 Å². The lowest BCUT2D eigenvalue weighted by atomic mass is 9.67. The molecule has 0 radical (unpaired) electrons. The third kappa shape index (κ3) is 36.3. The summed E-state index contributed by atoms with van der Waals surface area (Å²) in [5, 5.41) is 38.3. The van der Waals surface area contributed by atoms with Gasteiger partial charge in [-0.05, 0) is 158 Å². The van der Waals surface area contributed by atoms with Crippen LogP contribution in [0.4, 0.5) is 0 Å². The number of allylic oxidation sites excluding steroid dienone is 44. The lowest BCUT2D eigenvalue weighted by Gasteiger charge is -2.38. The Balaban J connectivity index is 0.000000840. The summed E-state index contributed by atoms with van der Waals surface area (Å²) in [5.41, 5.74) is 18.2. The molecule has 0 aromatic carbocycles. The Morgan fingerprint density at radius 3 is 1.12 bits per heavy atom. The molecule has 0 aromatic rings. The van der Waals surface area contributed by atoms with Crippen LogP contribution in [0, 0.1) is 16.7 Å². The maximum Gasteiger partial charge on any atom is 0.0729 e. The van der Waals surface area contributed by atoms with E-state index in [9.17, 15) is 10.2 Å². The van der Waals surface area contributed by atoms with E-state index in [-0.39, 0.29) is 36.3 Å². The van der Waals surface area contributed by atoms with E-state index in [2.05, 4.69) is 305 Å². The molecule has 0 aromatic heterocycles. The minimum absolute atomic E-state index is 0.00528. The summed E-state index contributed by atoms with van der Waals surface area (Å²) >= 11 is 0. The molecule has 456 valence electrons. The summed E-state index contributed by atoms with van der Waals surface area (Å²) < 4.78 is 0. The van der Waals surface area contributed by atoms with Crippen LogP contribution in [0.25, 0.3) is 0 Å². The molecule has 4 N–H and O–H groups in total. The number of hydrogen-bond donors (Lipinski definition) is 4. The maximum atomic E-state index is 10.1. The summed E-state index contributed by atoms with van der Waals surface area (Å²) in [6, 6.07) is 0. The summed E-state index contributed by atoms with van der Waals surface area (Å²) in [7, 11) is 0. The molecule has 0 saturated carbocycles. The first-order valence-electron chi connectivity index (χ1n) is 30.4. The van der Waals surface area contributed by atoms with Crippen molar-refractivity contribution in [3.63, 3.8) is 0 Å². The Morgan fingerprint density at radius 1 is 0.440 bits per heavy atom. The van der Waals surface area contributed by atoms with Gasteiger partial charge in [0, 0.05) is 5.92 Å². The second-order valence-electron chi connectivity index (χ2n) is 24.7. The van der Waals surface area contributed by atoms with E-state index in [1.54, 1.807) is 0 Å². The molecular formula is C80H112O4. The molecule has 2 rings (SSSR count). The normalized spacial score (nSPS) is 21.4. The highest BCUT2D eigenvalue weighted by molar-refractivity contribution is 5.39. The topological polar surface area (TPSA) is 80.9 Å². The Morgan fingerprint density at radius 2 is 0.774 bits per heavy atom. The summed E-state index contributed by atoms with van der Waals surface area (Å²) in [4.78, 5) is 0. The smallest absolute Gasteiger partial charge is 0.0729 e. The van der Waals surface area contributed by atoms with Crippen molar-refractivity contribution in [1.82, 2.24) is 0 Å². The van der Waals surface area contributed by atoms with E-state index in [1.807, 2.05) is 19.9 Å². The third-order valence-electron chi connectivity index (χ3n) is 14.6.